The van der Waals surface area contributed by atoms with Crippen LogP contribution in [-0.2, 0) is 38.3 Å². The number of halogens is 4. The molecule has 4 aliphatic heterocycles. The standard InChI is InChI=1S/C34H35BrF3N5O5/c1-32(31(46)43-25(14-18-8-4-3-5-9-18)30(45)41-13-7-12-26(41)33(43,47)48-32)39-29(44)19-15-21-20-10-6-11-23-27(20)22(16-24(21)40(2)17-19)28(35)42(23)34(36,37)38/h3-6,8-11,19,21,24-26,47H,7,12-17H2,1-2H3,(H,39,44)/t19?,21-,24?,25+,26?,32-,33+/m1/s1. The van der Waals surface area contributed by atoms with Crippen LogP contribution in [0.4, 0.5) is 13.2 Å². The van der Waals surface area contributed by atoms with Gasteiger partial charge in [-0.2, -0.15) is 0 Å². The summed E-state index contributed by atoms with van der Waals surface area (Å²) in [6, 6.07) is 12.2. The van der Waals surface area contributed by atoms with E-state index in [2.05, 4.69) is 21.2 Å². The van der Waals surface area contributed by atoms with Crippen LogP contribution in [0.25, 0.3) is 10.9 Å². The first kappa shape index (κ1) is 31.8. The molecule has 5 heterocycles. The smallest absolute Gasteiger partial charge is 0.347 e. The van der Waals surface area contributed by atoms with Crippen LogP contribution >= 0.6 is 15.9 Å². The van der Waals surface area contributed by atoms with Crippen molar-refractivity contribution in [2.45, 2.75) is 81.0 Å². The molecule has 1 aliphatic carbocycles. The minimum absolute atomic E-state index is 0.00624. The van der Waals surface area contributed by atoms with Crippen molar-refractivity contribution in [3.63, 3.8) is 0 Å². The van der Waals surface area contributed by atoms with Gasteiger partial charge in [-0.15, -0.1) is 13.2 Å². The molecule has 4 fully saturated rings. The van der Waals surface area contributed by atoms with Crippen molar-refractivity contribution >= 4 is 44.6 Å². The number of hydrogen-bond donors (Lipinski definition) is 2. The number of likely N-dealkylation sites (N-methyl/N-ethyl adjacent to an activating group) is 1. The second-order valence-corrected chi connectivity index (χ2v) is 14.7. The summed E-state index contributed by atoms with van der Waals surface area (Å²) in [7, 11) is 1.85. The highest BCUT2D eigenvalue weighted by atomic mass is 79.9. The fourth-order valence-electron chi connectivity index (χ4n) is 9.04. The van der Waals surface area contributed by atoms with Gasteiger partial charge in [-0.3, -0.25) is 24.0 Å². The van der Waals surface area contributed by atoms with Crippen LogP contribution in [0.15, 0.2) is 53.1 Å². The Morgan fingerprint density at radius 2 is 1.90 bits per heavy atom. The maximum absolute atomic E-state index is 14.2. The Kier molecular flexibility index (Phi) is 7.13. The predicted molar refractivity (Wildman–Crippen MR) is 170 cm³/mol. The van der Waals surface area contributed by atoms with Crippen molar-refractivity contribution in [3.8, 4) is 0 Å². The number of aliphatic hydroxyl groups is 1. The molecule has 8 rings (SSSR count). The average Bonchev–Trinajstić information content (AvgIpc) is 3.70. The largest absolute Gasteiger partial charge is 0.489 e. The number of ether oxygens (including phenoxy) is 1. The second kappa shape index (κ2) is 10.8. The van der Waals surface area contributed by atoms with Gasteiger partial charge in [0.2, 0.25) is 17.5 Å². The van der Waals surface area contributed by atoms with E-state index in [9.17, 15) is 32.7 Å². The minimum atomic E-state index is -4.61. The number of likely N-dealkylation sites (tertiary alicyclic amines) is 1. The van der Waals surface area contributed by atoms with Crippen molar-refractivity contribution in [1.29, 1.82) is 0 Å². The summed E-state index contributed by atoms with van der Waals surface area (Å²) in [4.78, 5) is 46.8. The van der Waals surface area contributed by atoms with Crippen molar-refractivity contribution in [2.24, 2.45) is 5.92 Å². The summed E-state index contributed by atoms with van der Waals surface area (Å²) in [5.74, 6) is -4.45. The Bertz CT molecular complexity index is 1850. The summed E-state index contributed by atoms with van der Waals surface area (Å²) in [6.07, 6.45) is -2.65. The van der Waals surface area contributed by atoms with Gasteiger partial charge in [0, 0.05) is 36.9 Å². The molecule has 48 heavy (non-hydrogen) atoms. The Morgan fingerprint density at radius 1 is 1.15 bits per heavy atom. The molecule has 14 heteroatoms. The van der Waals surface area contributed by atoms with E-state index in [4.69, 9.17) is 4.74 Å². The molecule has 0 spiro atoms. The first-order valence-corrected chi connectivity index (χ1v) is 17.0. The lowest BCUT2D eigenvalue weighted by molar-refractivity contribution is -0.315. The lowest BCUT2D eigenvalue weighted by Crippen LogP contribution is -2.71. The number of carbonyl (C=O) groups excluding carboxylic acids is 3. The zero-order valence-electron chi connectivity index (χ0n) is 26.3. The minimum Gasteiger partial charge on any atom is -0.347 e. The van der Waals surface area contributed by atoms with Gasteiger partial charge < -0.3 is 20.2 Å². The number of carbonyl (C=O) groups is 3. The van der Waals surface area contributed by atoms with Gasteiger partial charge in [0.15, 0.2) is 0 Å². The number of aromatic nitrogens is 1. The lowest BCUT2D eigenvalue weighted by atomic mass is 9.72. The molecule has 3 amide bonds. The molecule has 5 aliphatic rings. The third kappa shape index (κ3) is 4.51. The van der Waals surface area contributed by atoms with Crippen molar-refractivity contribution in [1.82, 2.24) is 24.6 Å². The number of piperazine rings is 1. The van der Waals surface area contributed by atoms with E-state index in [0.29, 0.717) is 54.3 Å². The molecular weight excluding hydrogens is 695 g/mol. The second-order valence-electron chi connectivity index (χ2n) is 13.9. The third-order valence-corrected chi connectivity index (χ3v) is 11.9. The topological polar surface area (TPSA) is 107 Å². The summed E-state index contributed by atoms with van der Waals surface area (Å²) < 4.78 is 48.9. The Labute approximate surface area is 282 Å². The summed E-state index contributed by atoms with van der Waals surface area (Å²) in [5.41, 5.74) is 0.267. The number of benzene rings is 2. The maximum Gasteiger partial charge on any atom is 0.489 e. The average molecular weight is 731 g/mol. The SMILES string of the molecule is CN1CC(C(=O)N[C@]2(C)O[C@@]3(O)C4CCCN4C(=O)[C@H](Cc4ccccc4)N3C2=O)C[C@@H]2c3cccc4c3c(c(Br)n4C(F)(F)F)CC21. The van der Waals surface area contributed by atoms with E-state index in [1.165, 1.54) is 13.0 Å². The van der Waals surface area contributed by atoms with Crippen LogP contribution in [0.3, 0.4) is 0 Å². The molecular formula is C34H35BrF3N5O5. The fraction of sp³-hybridized carbons (Fsp3) is 0.500. The first-order valence-electron chi connectivity index (χ1n) is 16.2. The van der Waals surface area contributed by atoms with E-state index in [1.54, 1.807) is 11.0 Å². The van der Waals surface area contributed by atoms with Gasteiger partial charge in [-0.25, -0.2) is 4.57 Å². The number of rotatable bonds is 4. The highest BCUT2D eigenvalue weighted by Gasteiger charge is 2.70. The molecule has 3 aromatic rings. The van der Waals surface area contributed by atoms with Crippen molar-refractivity contribution < 1.29 is 37.4 Å². The predicted octanol–water partition coefficient (Wildman–Crippen LogP) is 3.79. The third-order valence-electron chi connectivity index (χ3n) is 11.1. The summed E-state index contributed by atoms with van der Waals surface area (Å²) in [5, 5.41) is 15.4. The van der Waals surface area contributed by atoms with Gasteiger partial charge in [0.05, 0.1) is 16.0 Å². The van der Waals surface area contributed by atoms with E-state index in [-0.39, 0.29) is 34.4 Å². The van der Waals surface area contributed by atoms with E-state index < -0.39 is 47.8 Å². The zero-order valence-corrected chi connectivity index (χ0v) is 27.9. The Hall–Kier alpha value is -3.46. The summed E-state index contributed by atoms with van der Waals surface area (Å²) >= 11 is 3.23. The molecule has 2 aromatic carbocycles. The van der Waals surface area contributed by atoms with Crippen LogP contribution in [0.1, 0.15) is 48.8 Å². The van der Waals surface area contributed by atoms with E-state index in [1.807, 2.05) is 48.3 Å². The van der Waals surface area contributed by atoms with Gasteiger partial charge in [-0.1, -0.05) is 42.5 Å². The number of amides is 3. The van der Waals surface area contributed by atoms with Crippen molar-refractivity contribution in [3.05, 3.63) is 69.8 Å². The number of piperidine rings is 1. The molecule has 3 unspecified atom stereocenters. The number of fused-ring (bicyclic) bond motifs is 5. The molecule has 254 valence electrons. The van der Waals surface area contributed by atoms with Gasteiger partial charge in [0.25, 0.3) is 11.8 Å². The van der Waals surface area contributed by atoms with Crippen LogP contribution in [0, 0.1) is 5.92 Å². The van der Waals surface area contributed by atoms with Crippen LogP contribution < -0.4 is 5.32 Å². The van der Waals surface area contributed by atoms with E-state index in [0.717, 1.165) is 16.0 Å². The van der Waals surface area contributed by atoms with Gasteiger partial charge in [0.1, 0.15) is 12.1 Å². The quantitative estimate of drug-likeness (QED) is 0.424. The van der Waals surface area contributed by atoms with Gasteiger partial charge in [-0.05, 0) is 78.3 Å². The number of nitrogens with zero attached hydrogens (tertiary/aromatic N) is 4. The number of alkyl halides is 3. The molecule has 4 saturated heterocycles. The molecule has 0 bridgehead atoms. The Morgan fingerprint density at radius 3 is 2.62 bits per heavy atom. The fourth-order valence-corrected chi connectivity index (χ4v) is 9.79. The first-order chi connectivity index (χ1) is 22.7. The molecule has 1 aromatic heterocycles. The molecule has 0 saturated carbocycles. The molecule has 7 atom stereocenters. The highest BCUT2D eigenvalue weighted by Crippen LogP contribution is 2.50. The van der Waals surface area contributed by atoms with Crippen LogP contribution in [0.5, 0.6) is 0 Å². The van der Waals surface area contributed by atoms with Crippen molar-refractivity contribution in [2.75, 3.05) is 20.1 Å². The number of nitrogens with one attached hydrogen (secondary N) is 1. The lowest BCUT2D eigenvalue weighted by Gasteiger charge is -2.48. The van der Waals surface area contributed by atoms with Crippen LogP contribution in [0.2, 0.25) is 0 Å². The zero-order chi connectivity index (χ0) is 33.9. The molecule has 0 radical (unpaired) electrons. The Balaban J connectivity index is 1.09. The normalized spacial score (nSPS) is 33.2. The van der Waals surface area contributed by atoms with E-state index >= 15 is 0 Å². The molecule has 2 N–H and O–H groups in total. The van der Waals surface area contributed by atoms with Gasteiger partial charge >= 0.3 is 6.30 Å². The molecule has 10 nitrogen and oxygen atoms in total. The summed E-state index contributed by atoms with van der Waals surface area (Å²) in [6.45, 7) is 2.15. The highest BCUT2D eigenvalue weighted by molar-refractivity contribution is 9.10. The maximum atomic E-state index is 14.2. The van der Waals surface area contributed by atoms with Crippen LogP contribution in [-0.4, -0.2) is 92.0 Å². The number of hydrogen-bond acceptors (Lipinski definition) is 6. The monoisotopic (exact) mass is 729 g/mol.